The second-order valence-corrected chi connectivity index (χ2v) is 4.34. The zero-order chi connectivity index (χ0) is 12.4. The van der Waals surface area contributed by atoms with Crippen molar-refractivity contribution in [2.75, 3.05) is 12.4 Å². The third kappa shape index (κ3) is 2.39. The number of hydrogen-bond acceptors (Lipinski definition) is 3. The van der Waals surface area contributed by atoms with Crippen LogP contribution in [-0.4, -0.2) is 13.0 Å². The van der Waals surface area contributed by atoms with Crippen LogP contribution in [0, 0.1) is 23.2 Å². The molecule has 4 nitrogen and oxygen atoms in total. The van der Waals surface area contributed by atoms with Crippen molar-refractivity contribution in [1.29, 1.82) is 5.26 Å². The molecule has 0 aromatic heterocycles. The molecule has 17 heavy (non-hydrogen) atoms. The molecular formula is C13H14N2O2. The lowest BCUT2D eigenvalue weighted by Gasteiger charge is -2.10. The fourth-order valence-electron chi connectivity index (χ4n) is 1.78. The second-order valence-electron chi connectivity index (χ2n) is 4.34. The van der Waals surface area contributed by atoms with Gasteiger partial charge in [0.05, 0.1) is 24.4 Å². The van der Waals surface area contributed by atoms with Crippen LogP contribution in [0.1, 0.15) is 18.9 Å². The Bertz CT molecular complexity index is 491. The highest BCUT2D eigenvalue weighted by atomic mass is 16.5. The molecule has 0 saturated heterocycles. The molecule has 0 radical (unpaired) electrons. The van der Waals surface area contributed by atoms with E-state index < -0.39 is 0 Å². The molecule has 2 rings (SSSR count). The number of rotatable bonds is 3. The fraction of sp³-hybridized carbons (Fsp3) is 0.385. The Hall–Kier alpha value is -2.02. The van der Waals surface area contributed by atoms with Crippen LogP contribution in [0.5, 0.6) is 5.75 Å². The normalized spacial score (nSPS) is 21.5. The number of anilines is 1. The summed E-state index contributed by atoms with van der Waals surface area (Å²) in [5.74, 6) is 1.14. The zero-order valence-electron chi connectivity index (χ0n) is 9.86. The van der Waals surface area contributed by atoms with Gasteiger partial charge in [0, 0.05) is 12.0 Å². The Morgan fingerprint density at radius 2 is 2.29 bits per heavy atom. The van der Waals surface area contributed by atoms with Crippen molar-refractivity contribution in [1.82, 2.24) is 0 Å². The van der Waals surface area contributed by atoms with Gasteiger partial charge in [-0.3, -0.25) is 4.79 Å². The molecule has 1 aliphatic carbocycles. The van der Waals surface area contributed by atoms with E-state index in [0.29, 0.717) is 22.9 Å². The zero-order valence-corrected chi connectivity index (χ0v) is 9.86. The van der Waals surface area contributed by atoms with Crippen molar-refractivity contribution >= 4 is 11.6 Å². The van der Waals surface area contributed by atoms with Gasteiger partial charge in [0.15, 0.2) is 0 Å². The van der Waals surface area contributed by atoms with Crippen LogP contribution in [0.15, 0.2) is 18.2 Å². The Morgan fingerprint density at radius 1 is 1.59 bits per heavy atom. The smallest absolute Gasteiger partial charge is 0.227 e. The molecule has 0 aliphatic heterocycles. The molecule has 1 aromatic carbocycles. The van der Waals surface area contributed by atoms with E-state index in [0.717, 1.165) is 6.42 Å². The third-order valence-corrected chi connectivity index (χ3v) is 3.03. The van der Waals surface area contributed by atoms with Crippen LogP contribution >= 0.6 is 0 Å². The number of benzene rings is 1. The van der Waals surface area contributed by atoms with Gasteiger partial charge in [0.1, 0.15) is 5.75 Å². The summed E-state index contributed by atoms with van der Waals surface area (Å²) in [6, 6.07) is 7.01. The van der Waals surface area contributed by atoms with Crippen LogP contribution in [0.2, 0.25) is 0 Å². The number of nitrogens with zero attached hydrogens (tertiary/aromatic N) is 1. The highest BCUT2D eigenvalue weighted by Crippen LogP contribution is 2.39. The van der Waals surface area contributed by atoms with Crippen LogP contribution in [-0.2, 0) is 4.79 Å². The third-order valence-electron chi connectivity index (χ3n) is 3.03. The van der Waals surface area contributed by atoms with Gasteiger partial charge in [-0.1, -0.05) is 6.92 Å². The number of nitriles is 1. The highest BCUT2D eigenvalue weighted by molar-refractivity contribution is 5.95. The molecule has 2 unspecified atom stereocenters. The number of hydrogen-bond donors (Lipinski definition) is 1. The molecular weight excluding hydrogens is 216 g/mol. The summed E-state index contributed by atoms with van der Waals surface area (Å²) in [4.78, 5) is 11.8. The van der Waals surface area contributed by atoms with Gasteiger partial charge in [-0.2, -0.15) is 5.26 Å². The van der Waals surface area contributed by atoms with Crippen molar-refractivity contribution in [3.05, 3.63) is 23.8 Å². The molecule has 4 heteroatoms. The van der Waals surface area contributed by atoms with Gasteiger partial charge in [-0.15, -0.1) is 0 Å². The molecule has 1 fully saturated rings. The van der Waals surface area contributed by atoms with E-state index in [2.05, 4.69) is 12.2 Å². The minimum absolute atomic E-state index is 0.0282. The number of carbonyl (C=O) groups is 1. The molecule has 0 heterocycles. The van der Waals surface area contributed by atoms with Gasteiger partial charge in [-0.25, -0.2) is 0 Å². The van der Waals surface area contributed by atoms with E-state index in [1.54, 1.807) is 18.2 Å². The van der Waals surface area contributed by atoms with E-state index in [4.69, 9.17) is 10.00 Å². The molecule has 0 bridgehead atoms. The van der Waals surface area contributed by atoms with E-state index in [1.165, 1.54) is 7.11 Å². The maximum absolute atomic E-state index is 11.8. The van der Waals surface area contributed by atoms with E-state index in [9.17, 15) is 4.79 Å². The van der Waals surface area contributed by atoms with Crippen LogP contribution in [0.25, 0.3) is 0 Å². The number of carbonyl (C=O) groups excluding carboxylic acids is 1. The number of ether oxygens (including phenoxy) is 1. The van der Waals surface area contributed by atoms with Gasteiger partial charge in [-0.05, 0) is 24.5 Å². The minimum atomic E-state index is 0.0282. The Balaban J connectivity index is 2.15. The maximum atomic E-state index is 11.8. The Morgan fingerprint density at radius 3 is 2.82 bits per heavy atom. The summed E-state index contributed by atoms with van der Waals surface area (Å²) in [6.45, 7) is 2.06. The molecule has 0 spiro atoms. The van der Waals surface area contributed by atoms with E-state index in [1.807, 2.05) is 6.07 Å². The lowest BCUT2D eigenvalue weighted by atomic mass is 10.2. The quantitative estimate of drug-likeness (QED) is 0.865. The fourth-order valence-corrected chi connectivity index (χ4v) is 1.78. The first-order valence-corrected chi connectivity index (χ1v) is 5.54. The largest absolute Gasteiger partial charge is 0.495 e. The summed E-state index contributed by atoms with van der Waals surface area (Å²) < 4.78 is 5.15. The van der Waals surface area contributed by atoms with Crippen LogP contribution < -0.4 is 10.1 Å². The van der Waals surface area contributed by atoms with Crippen molar-refractivity contribution < 1.29 is 9.53 Å². The SMILES string of the molecule is COc1cc(C#N)ccc1NC(=O)C1CC1C. The minimum Gasteiger partial charge on any atom is -0.495 e. The van der Waals surface area contributed by atoms with Crippen molar-refractivity contribution in [3.8, 4) is 11.8 Å². The van der Waals surface area contributed by atoms with E-state index in [-0.39, 0.29) is 11.8 Å². The number of nitrogens with one attached hydrogen (secondary N) is 1. The van der Waals surface area contributed by atoms with E-state index >= 15 is 0 Å². The Labute approximate surface area is 100 Å². The van der Waals surface area contributed by atoms with Crippen molar-refractivity contribution in [3.63, 3.8) is 0 Å². The predicted molar refractivity (Wildman–Crippen MR) is 63.6 cm³/mol. The van der Waals surface area contributed by atoms with Crippen molar-refractivity contribution in [2.45, 2.75) is 13.3 Å². The van der Waals surface area contributed by atoms with Crippen LogP contribution in [0.3, 0.4) is 0 Å². The summed E-state index contributed by atoms with van der Waals surface area (Å²) in [5, 5.41) is 11.6. The lowest BCUT2D eigenvalue weighted by Crippen LogP contribution is -2.15. The molecule has 88 valence electrons. The number of amides is 1. The first-order valence-electron chi connectivity index (χ1n) is 5.54. The highest BCUT2D eigenvalue weighted by Gasteiger charge is 2.39. The average molecular weight is 230 g/mol. The van der Waals surface area contributed by atoms with Gasteiger partial charge >= 0.3 is 0 Å². The molecule has 1 N–H and O–H groups in total. The average Bonchev–Trinajstić information content (AvgIpc) is 3.07. The number of methoxy groups -OCH3 is 1. The summed E-state index contributed by atoms with van der Waals surface area (Å²) in [6.07, 6.45) is 0.949. The molecule has 1 amide bonds. The summed E-state index contributed by atoms with van der Waals surface area (Å²) in [7, 11) is 1.52. The molecule has 1 saturated carbocycles. The monoisotopic (exact) mass is 230 g/mol. The standard InChI is InChI=1S/C13H14N2O2/c1-8-5-10(8)13(16)15-11-4-3-9(7-14)6-12(11)17-2/h3-4,6,8,10H,5H2,1-2H3,(H,15,16). The first kappa shape index (κ1) is 11.5. The second kappa shape index (κ2) is 4.46. The van der Waals surface area contributed by atoms with Gasteiger partial charge in [0.2, 0.25) is 5.91 Å². The molecule has 2 atom stereocenters. The maximum Gasteiger partial charge on any atom is 0.227 e. The molecule has 1 aliphatic rings. The first-order chi connectivity index (χ1) is 8.15. The summed E-state index contributed by atoms with van der Waals surface area (Å²) >= 11 is 0. The topological polar surface area (TPSA) is 62.1 Å². The summed E-state index contributed by atoms with van der Waals surface area (Å²) in [5.41, 5.74) is 1.13. The predicted octanol–water partition coefficient (Wildman–Crippen LogP) is 2.16. The van der Waals surface area contributed by atoms with Gasteiger partial charge in [0.25, 0.3) is 0 Å². The lowest BCUT2D eigenvalue weighted by molar-refractivity contribution is -0.117. The van der Waals surface area contributed by atoms with Crippen LogP contribution in [0.4, 0.5) is 5.69 Å². The Kier molecular flexibility index (Phi) is 3.01. The van der Waals surface area contributed by atoms with Gasteiger partial charge < -0.3 is 10.1 Å². The molecule has 1 aromatic rings. The van der Waals surface area contributed by atoms with Crippen molar-refractivity contribution in [2.24, 2.45) is 11.8 Å².